The number of benzene rings is 2. The molecule has 2 aromatic rings. The van der Waals surface area contributed by atoms with Gasteiger partial charge in [-0.15, -0.1) is 0 Å². The lowest BCUT2D eigenvalue weighted by Crippen LogP contribution is -2.31. The van der Waals surface area contributed by atoms with E-state index >= 15 is 0 Å². The number of carbonyl (C=O) groups excluding carboxylic acids is 1. The van der Waals surface area contributed by atoms with E-state index in [0.717, 1.165) is 22.4 Å². The number of ether oxygens (including phenoxy) is 1. The van der Waals surface area contributed by atoms with Crippen LogP contribution < -0.4 is 4.90 Å². The molecule has 1 aliphatic rings. The molecule has 0 radical (unpaired) electrons. The minimum Gasteiger partial charge on any atom is -0.409 e. The molecule has 0 fully saturated rings. The standard InChI is InChI=1S/C17H15NO2/c1-12-8-9-15-14(10-12)16(20-17(19)18(15)2)11-13-6-4-3-5-7-13/h3-11H,1-2H3/b16-11+. The van der Waals surface area contributed by atoms with Crippen molar-refractivity contribution in [3.63, 3.8) is 0 Å². The first-order valence-corrected chi connectivity index (χ1v) is 6.48. The molecule has 0 N–H and O–H groups in total. The third kappa shape index (κ3) is 2.18. The van der Waals surface area contributed by atoms with E-state index in [1.54, 1.807) is 7.05 Å². The number of nitrogens with zero attached hydrogens (tertiary/aromatic N) is 1. The van der Waals surface area contributed by atoms with Crippen molar-refractivity contribution in [1.82, 2.24) is 0 Å². The first kappa shape index (κ1) is 12.5. The lowest BCUT2D eigenvalue weighted by Gasteiger charge is -2.27. The van der Waals surface area contributed by atoms with Crippen molar-refractivity contribution in [1.29, 1.82) is 0 Å². The highest BCUT2D eigenvalue weighted by molar-refractivity contribution is 6.01. The number of hydrogen-bond donors (Lipinski definition) is 0. The van der Waals surface area contributed by atoms with Crippen molar-refractivity contribution < 1.29 is 9.53 Å². The number of amides is 1. The summed E-state index contributed by atoms with van der Waals surface area (Å²) < 4.78 is 5.43. The molecular weight excluding hydrogens is 250 g/mol. The van der Waals surface area contributed by atoms with Gasteiger partial charge < -0.3 is 4.74 Å². The molecule has 0 aromatic heterocycles. The van der Waals surface area contributed by atoms with Crippen LogP contribution in [0.25, 0.3) is 11.8 Å². The van der Waals surface area contributed by atoms with Gasteiger partial charge in [0.05, 0.1) is 5.69 Å². The van der Waals surface area contributed by atoms with E-state index in [1.165, 1.54) is 4.90 Å². The average molecular weight is 265 g/mol. The zero-order valence-electron chi connectivity index (χ0n) is 11.5. The number of anilines is 1. The second-order valence-electron chi connectivity index (χ2n) is 4.87. The van der Waals surface area contributed by atoms with Gasteiger partial charge in [0.1, 0.15) is 5.76 Å². The molecule has 1 amide bonds. The zero-order valence-corrected chi connectivity index (χ0v) is 11.5. The van der Waals surface area contributed by atoms with E-state index in [9.17, 15) is 4.79 Å². The van der Waals surface area contributed by atoms with Crippen molar-refractivity contribution in [2.45, 2.75) is 6.92 Å². The van der Waals surface area contributed by atoms with Crippen molar-refractivity contribution in [2.75, 3.05) is 11.9 Å². The first-order chi connectivity index (χ1) is 9.65. The summed E-state index contributed by atoms with van der Waals surface area (Å²) in [6.45, 7) is 2.02. The molecule has 1 aliphatic heterocycles. The molecule has 20 heavy (non-hydrogen) atoms. The van der Waals surface area contributed by atoms with Crippen LogP contribution in [0, 0.1) is 6.92 Å². The predicted molar refractivity (Wildman–Crippen MR) is 80.4 cm³/mol. The quantitative estimate of drug-likeness (QED) is 0.777. The molecule has 0 bridgehead atoms. The van der Waals surface area contributed by atoms with Crippen LogP contribution in [0.3, 0.4) is 0 Å². The minimum atomic E-state index is -0.358. The van der Waals surface area contributed by atoms with E-state index in [4.69, 9.17) is 4.74 Å². The minimum absolute atomic E-state index is 0.358. The Hall–Kier alpha value is -2.55. The molecule has 0 aliphatic carbocycles. The van der Waals surface area contributed by atoms with Gasteiger partial charge in [0, 0.05) is 12.6 Å². The van der Waals surface area contributed by atoms with Crippen LogP contribution >= 0.6 is 0 Å². The van der Waals surface area contributed by atoms with Crippen LogP contribution in [-0.4, -0.2) is 13.1 Å². The number of carbonyl (C=O) groups is 1. The normalized spacial score (nSPS) is 16.0. The highest BCUT2D eigenvalue weighted by Crippen LogP contribution is 2.34. The Morgan fingerprint density at radius 3 is 2.60 bits per heavy atom. The van der Waals surface area contributed by atoms with Gasteiger partial charge >= 0.3 is 6.09 Å². The summed E-state index contributed by atoms with van der Waals surface area (Å²) in [6.07, 6.45) is 1.53. The van der Waals surface area contributed by atoms with E-state index in [2.05, 4.69) is 0 Å². The largest absolute Gasteiger partial charge is 0.419 e. The lowest BCUT2D eigenvalue weighted by molar-refractivity contribution is 0.199. The lowest BCUT2D eigenvalue weighted by atomic mass is 10.0. The molecule has 1 heterocycles. The van der Waals surface area contributed by atoms with Gasteiger partial charge in [-0.05, 0) is 30.7 Å². The molecule has 0 atom stereocenters. The Kier molecular flexibility index (Phi) is 3.03. The molecule has 3 heteroatoms. The molecule has 0 saturated carbocycles. The summed E-state index contributed by atoms with van der Waals surface area (Å²) in [5, 5.41) is 0. The number of cyclic esters (lactones) is 1. The second-order valence-corrected chi connectivity index (χ2v) is 4.87. The molecule has 0 unspecified atom stereocenters. The fourth-order valence-corrected chi connectivity index (χ4v) is 2.26. The van der Waals surface area contributed by atoms with Crippen molar-refractivity contribution >= 4 is 23.6 Å². The molecular formula is C17H15NO2. The highest BCUT2D eigenvalue weighted by atomic mass is 16.6. The third-order valence-electron chi connectivity index (χ3n) is 3.35. The number of hydrogen-bond acceptors (Lipinski definition) is 2. The maximum atomic E-state index is 11.9. The van der Waals surface area contributed by atoms with Crippen LogP contribution in [0.1, 0.15) is 16.7 Å². The Bertz CT molecular complexity index is 689. The van der Waals surface area contributed by atoms with E-state index < -0.39 is 0 Å². The fourth-order valence-electron chi connectivity index (χ4n) is 2.26. The van der Waals surface area contributed by atoms with Crippen molar-refractivity contribution in [3.8, 4) is 0 Å². The Morgan fingerprint density at radius 2 is 1.85 bits per heavy atom. The maximum absolute atomic E-state index is 11.9. The molecule has 0 saturated heterocycles. The van der Waals surface area contributed by atoms with Gasteiger partial charge in [-0.2, -0.15) is 0 Å². The molecule has 3 nitrogen and oxygen atoms in total. The highest BCUT2D eigenvalue weighted by Gasteiger charge is 2.26. The summed E-state index contributed by atoms with van der Waals surface area (Å²) in [5.41, 5.74) is 3.95. The Labute approximate surface area is 118 Å². The monoisotopic (exact) mass is 265 g/mol. The van der Waals surface area contributed by atoms with Gasteiger partial charge in [-0.25, -0.2) is 4.79 Å². The van der Waals surface area contributed by atoms with Crippen LogP contribution in [0.2, 0.25) is 0 Å². The zero-order chi connectivity index (χ0) is 14.1. The second kappa shape index (κ2) is 4.85. The van der Waals surface area contributed by atoms with Gasteiger partial charge in [0.25, 0.3) is 0 Å². The number of fused-ring (bicyclic) bond motifs is 1. The average Bonchev–Trinajstić information content (AvgIpc) is 2.45. The fraction of sp³-hybridized carbons (Fsp3) is 0.118. The summed E-state index contributed by atoms with van der Waals surface area (Å²) in [5.74, 6) is 0.595. The van der Waals surface area contributed by atoms with Gasteiger partial charge in [-0.3, -0.25) is 4.90 Å². The third-order valence-corrected chi connectivity index (χ3v) is 3.35. The topological polar surface area (TPSA) is 29.5 Å². The van der Waals surface area contributed by atoms with Crippen LogP contribution in [0.15, 0.2) is 48.5 Å². The first-order valence-electron chi connectivity index (χ1n) is 6.48. The molecule has 0 spiro atoms. The number of rotatable bonds is 1. The summed E-state index contributed by atoms with van der Waals surface area (Å²) in [6, 6.07) is 15.8. The molecule has 2 aromatic carbocycles. The maximum Gasteiger partial charge on any atom is 0.419 e. The predicted octanol–water partition coefficient (Wildman–Crippen LogP) is 4.08. The van der Waals surface area contributed by atoms with E-state index in [-0.39, 0.29) is 6.09 Å². The number of aryl methyl sites for hydroxylation is 1. The van der Waals surface area contributed by atoms with Crippen molar-refractivity contribution in [3.05, 3.63) is 65.2 Å². The summed E-state index contributed by atoms with van der Waals surface area (Å²) in [4.78, 5) is 13.4. The molecule has 100 valence electrons. The smallest absolute Gasteiger partial charge is 0.409 e. The van der Waals surface area contributed by atoms with Crippen LogP contribution in [0.4, 0.5) is 10.5 Å². The van der Waals surface area contributed by atoms with Crippen molar-refractivity contribution in [2.24, 2.45) is 0 Å². The summed E-state index contributed by atoms with van der Waals surface area (Å²) in [7, 11) is 1.72. The van der Waals surface area contributed by atoms with Gasteiger partial charge in [0.15, 0.2) is 0 Å². The Balaban J connectivity index is 2.14. The SMILES string of the molecule is Cc1ccc2c(c1)/C(=C\c1ccccc1)OC(=O)N2C. The molecule has 3 rings (SSSR count). The van der Waals surface area contributed by atoms with Gasteiger partial charge in [-0.1, -0.05) is 42.0 Å². The van der Waals surface area contributed by atoms with Gasteiger partial charge in [0.2, 0.25) is 0 Å². The van der Waals surface area contributed by atoms with E-state index in [0.29, 0.717) is 5.76 Å². The van der Waals surface area contributed by atoms with Crippen LogP contribution in [0.5, 0.6) is 0 Å². The van der Waals surface area contributed by atoms with Crippen LogP contribution in [-0.2, 0) is 4.74 Å². The van der Waals surface area contributed by atoms with E-state index in [1.807, 2.05) is 61.5 Å². The Morgan fingerprint density at radius 1 is 1.10 bits per heavy atom. The summed E-state index contributed by atoms with van der Waals surface area (Å²) >= 11 is 0.